The van der Waals surface area contributed by atoms with Crippen molar-refractivity contribution in [3.8, 4) is 0 Å². The first-order chi connectivity index (χ1) is 13.1. The molecule has 0 aliphatic carbocycles. The van der Waals surface area contributed by atoms with Crippen molar-refractivity contribution >= 4 is 5.91 Å². The Balaban J connectivity index is 1.54. The zero-order chi connectivity index (χ0) is 19.2. The van der Waals surface area contributed by atoms with E-state index in [9.17, 15) is 4.79 Å². The third-order valence-electron chi connectivity index (χ3n) is 5.40. The van der Waals surface area contributed by atoms with Crippen LogP contribution >= 0.6 is 0 Å². The fraction of sp³-hybridized carbons (Fsp3) is 0.409. The highest BCUT2D eigenvalue weighted by Crippen LogP contribution is 2.19. The summed E-state index contributed by atoms with van der Waals surface area (Å²) in [6.07, 6.45) is 1.09. The molecule has 0 bridgehead atoms. The highest BCUT2D eigenvalue weighted by Gasteiger charge is 2.28. The van der Waals surface area contributed by atoms with Crippen LogP contribution in [0.25, 0.3) is 0 Å². The maximum Gasteiger partial charge on any atom is 0.274 e. The number of nitrogens with one attached hydrogen (secondary N) is 1. The predicted molar refractivity (Wildman–Crippen MR) is 107 cm³/mol. The van der Waals surface area contributed by atoms with Gasteiger partial charge in [0, 0.05) is 43.8 Å². The number of hydroxylamine groups is 1. The minimum Gasteiger partial charge on any atom is -0.296 e. The highest BCUT2D eigenvalue weighted by atomic mass is 16.5. The van der Waals surface area contributed by atoms with Crippen molar-refractivity contribution in [2.24, 2.45) is 0 Å². The van der Waals surface area contributed by atoms with Crippen LogP contribution in [0.3, 0.4) is 0 Å². The SMILES string of the molecule is C[C@@H]1CN(Cc2ccc(C(=O)NO)cc2)C[C@H](C)N1CCc1ccccc1. The lowest BCUT2D eigenvalue weighted by Crippen LogP contribution is -2.56. The summed E-state index contributed by atoms with van der Waals surface area (Å²) < 4.78 is 0. The third kappa shape index (κ3) is 5.16. The molecular formula is C22H29N3O2. The highest BCUT2D eigenvalue weighted by molar-refractivity contribution is 5.93. The Morgan fingerprint density at radius 1 is 1.00 bits per heavy atom. The average Bonchev–Trinajstić information content (AvgIpc) is 2.68. The Hall–Kier alpha value is -2.21. The van der Waals surface area contributed by atoms with E-state index in [0.717, 1.165) is 32.6 Å². The molecule has 2 aromatic carbocycles. The maximum atomic E-state index is 11.4. The Morgan fingerprint density at radius 3 is 2.22 bits per heavy atom. The second kappa shape index (κ2) is 9.13. The Bertz CT molecular complexity index is 721. The molecule has 1 saturated heterocycles. The fourth-order valence-electron chi connectivity index (χ4n) is 4.02. The monoisotopic (exact) mass is 367 g/mol. The second-order valence-corrected chi connectivity index (χ2v) is 7.50. The summed E-state index contributed by atoms with van der Waals surface area (Å²) in [5.74, 6) is -0.476. The van der Waals surface area contributed by atoms with Crippen LogP contribution in [0.2, 0.25) is 0 Å². The van der Waals surface area contributed by atoms with Gasteiger partial charge in [0.1, 0.15) is 0 Å². The quantitative estimate of drug-likeness (QED) is 0.609. The van der Waals surface area contributed by atoms with E-state index in [1.54, 1.807) is 17.6 Å². The maximum absolute atomic E-state index is 11.4. The fourth-order valence-corrected chi connectivity index (χ4v) is 4.02. The van der Waals surface area contributed by atoms with Crippen molar-refractivity contribution in [3.05, 3.63) is 71.3 Å². The van der Waals surface area contributed by atoms with Crippen molar-refractivity contribution in [2.45, 2.75) is 38.9 Å². The molecule has 0 saturated carbocycles. The largest absolute Gasteiger partial charge is 0.296 e. The molecule has 0 aromatic heterocycles. The van der Waals surface area contributed by atoms with E-state index in [1.165, 1.54) is 11.1 Å². The van der Waals surface area contributed by atoms with Crippen molar-refractivity contribution in [2.75, 3.05) is 19.6 Å². The van der Waals surface area contributed by atoms with E-state index in [4.69, 9.17) is 5.21 Å². The number of benzene rings is 2. The van der Waals surface area contributed by atoms with E-state index in [1.807, 2.05) is 12.1 Å². The molecule has 2 aromatic rings. The number of hydrogen-bond donors (Lipinski definition) is 2. The topological polar surface area (TPSA) is 55.8 Å². The molecule has 27 heavy (non-hydrogen) atoms. The summed E-state index contributed by atoms with van der Waals surface area (Å²) in [5.41, 5.74) is 4.71. The van der Waals surface area contributed by atoms with Gasteiger partial charge < -0.3 is 0 Å². The number of amides is 1. The van der Waals surface area contributed by atoms with Gasteiger partial charge in [0.25, 0.3) is 5.91 Å². The van der Waals surface area contributed by atoms with Crippen molar-refractivity contribution < 1.29 is 10.0 Å². The number of nitrogens with zero attached hydrogens (tertiary/aromatic N) is 2. The molecule has 5 heteroatoms. The lowest BCUT2D eigenvalue weighted by molar-refractivity contribution is 0.0359. The first-order valence-electron chi connectivity index (χ1n) is 9.62. The zero-order valence-electron chi connectivity index (χ0n) is 16.1. The molecule has 2 atom stereocenters. The number of hydrogen-bond acceptors (Lipinski definition) is 4. The normalized spacial score (nSPS) is 21.1. The van der Waals surface area contributed by atoms with Crippen molar-refractivity contribution in [1.82, 2.24) is 15.3 Å². The first kappa shape index (κ1) is 19.5. The molecule has 3 rings (SSSR count). The van der Waals surface area contributed by atoms with Gasteiger partial charge >= 0.3 is 0 Å². The molecule has 1 aliphatic rings. The number of carbonyl (C=O) groups excluding carboxylic acids is 1. The Labute approximate surface area is 161 Å². The van der Waals surface area contributed by atoms with Gasteiger partial charge in [-0.1, -0.05) is 42.5 Å². The van der Waals surface area contributed by atoms with Gasteiger partial charge in [-0.15, -0.1) is 0 Å². The standard InChI is InChI=1S/C22H29N3O2/c1-17-14-24(16-20-8-10-21(11-9-20)22(26)23-27)15-18(2)25(17)13-12-19-6-4-3-5-7-19/h3-11,17-18,27H,12-16H2,1-2H3,(H,23,26)/t17-,18+. The molecule has 144 valence electrons. The average molecular weight is 367 g/mol. The second-order valence-electron chi connectivity index (χ2n) is 7.50. The van der Waals surface area contributed by atoms with Crippen molar-refractivity contribution in [3.63, 3.8) is 0 Å². The van der Waals surface area contributed by atoms with Gasteiger partial charge in [-0.05, 0) is 43.5 Å². The Kier molecular flexibility index (Phi) is 6.61. The van der Waals surface area contributed by atoms with E-state index >= 15 is 0 Å². The van der Waals surface area contributed by atoms with Crippen LogP contribution in [0.5, 0.6) is 0 Å². The summed E-state index contributed by atoms with van der Waals surface area (Å²) in [4.78, 5) is 16.5. The van der Waals surface area contributed by atoms with Gasteiger partial charge in [0.05, 0.1) is 0 Å². The molecule has 5 nitrogen and oxygen atoms in total. The first-order valence-corrected chi connectivity index (χ1v) is 9.62. The predicted octanol–water partition coefficient (Wildman–Crippen LogP) is 2.94. The summed E-state index contributed by atoms with van der Waals surface area (Å²) in [6, 6.07) is 19.1. The molecule has 1 heterocycles. The third-order valence-corrected chi connectivity index (χ3v) is 5.40. The molecule has 1 amide bonds. The molecular weight excluding hydrogens is 338 g/mol. The number of rotatable bonds is 6. The minimum atomic E-state index is -0.476. The van der Waals surface area contributed by atoms with Crippen LogP contribution in [-0.4, -0.2) is 52.6 Å². The van der Waals surface area contributed by atoms with E-state index < -0.39 is 5.91 Å². The minimum absolute atomic E-state index is 0.466. The smallest absolute Gasteiger partial charge is 0.274 e. The lowest BCUT2D eigenvalue weighted by Gasteiger charge is -2.44. The lowest BCUT2D eigenvalue weighted by atomic mass is 10.0. The van der Waals surface area contributed by atoms with Crippen LogP contribution in [-0.2, 0) is 13.0 Å². The van der Waals surface area contributed by atoms with E-state index in [-0.39, 0.29) is 0 Å². The van der Waals surface area contributed by atoms with Crippen LogP contribution in [0.4, 0.5) is 0 Å². The van der Waals surface area contributed by atoms with Gasteiger partial charge in [0.15, 0.2) is 0 Å². The van der Waals surface area contributed by atoms with Crippen LogP contribution in [0, 0.1) is 0 Å². The van der Waals surface area contributed by atoms with Crippen LogP contribution < -0.4 is 5.48 Å². The molecule has 1 aliphatic heterocycles. The summed E-state index contributed by atoms with van der Waals surface area (Å²) >= 11 is 0. The van der Waals surface area contributed by atoms with Gasteiger partial charge in [-0.25, -0.2) is 5.48 Å². The molecule has 0 unspecified atom stereocenters. The summed E-state index contributed by atoms with van der Waals surface area (Å²) in [7, 11) is 0. The van der Waals surface area contributed by atoms with Crippen molar-refractivity contribution in [1.29, 1.82) is 0 Å². The summed E-state index contributed by atoms with van der Waals surface area (Å²) in [6.45, 7) is 8.66. The number of carbonyl (C=O) groups is 1. The van der Waals surface area contributed by atoms with Crippen LogP contribution in [0.15, 0.2) is 54.6 Å². The summed E-state index contributed by atoms with van der Waals surface area (Å²) in [5, 5.41) is 8.71. The molecule has 0 radical (unpaired) electrons. The van der Waals surface area contributed by atoms with E-state index in [0.29, 0.717) is 17.6 Å². The molecule has 1 fully saturated rings. The van der Waals surface area contributed by atoms with E-state index in [2.05, 4.69) is 54.0 Å². The molecule has 0 spiro atoms. The van der Waals surface area contributed by atoms with Gasteiger partial charge in [-0.2, -0.15) is 0 Å². The van der Waals surface area contributed by atoms with Gasteiger partial charge in [-0.3, -0.25) is 19.8 Å². The molecule has 2 N–H and O–H groups in total. The zero-order valence-corrected chi connectivity index (χ0v) is 16.1. The van der Waals surface area contributed by atoms with Crippen LogP contribution in [0.1, 0.15) is 35.3 Å². The number of piperazine rings is 1. The van der Waals surface area contributed by atoms with Gasteiger partial charge in [0.2, 0.25) is 0 Å². The Morgan fingerprint density at radius 2 is 1.63 bits per heavy atom.